The fourth-order valence-corrected chi connectivity index (χ4v) is 1.87. The van der Waals surface area contributed by atoms with E-state index in [4.69, 9.17) is 15.2 Å². The van der Waals surface area contributed by atoms with E-state index in [1.807, 2.05) is 24.3 Å². The van der Waals surface area contributed by atoms with E-state index >= 15 is 0 Å². The second-order valence-corrected chi connectivity index (χ2v) is 5.63. The third kappa shape index (κ3) is 6.98. The number of halogens is 1. The molecule has 4 nitrogen and oxygen atoms in total. The lowest BCUT2D eigenvalue weighted by atomic mass is 9.93. The van der Waals surface area contributed by atoms with Crippen molar-refractivity contribution >= 4 is 12.4 Å². The second-order valence-electron chi connectivity index (χ2n) is 5.63. The Hall–Kier alpha value is -0.970. The number of hydrogen-bond acceptors (Lipinski definition) is 4. The van der Waals surface area contributed by atoms with Crippen LogP contribution in [-0.2, 0) is 0 Å². The minimum Gasteiger partial charge on any atom is -0.497 e. The summed E-state index contributed by atoms with van der Waals surface area (Å²) in [4.78, 5) is 2.25. The minimum absolute atomic E-state index is 0. The van der Waals surface area contributed by atoms with Crippen molar-refractivity contribution in [3.63, 3.8) is 0 Å². The predicted octanol–water partition coefficient (Wildman–Crippen LogP) is 2.41. The molecule has 116 valence electrons. The number of ether oxygens (including phenoxy) is 2. The number of hydrogen-bond donors (Lipinski definition) is 1. The van der Waals surface area contributed by atoms with E-state index in [0.717, 1.165) is 24.6 Å². The highest BCUT2D eigenvalue weighted by molar-refractivity contribution is 5.85. The predicted molar refractivity (Wildman–Crippen MR) is 86.1 cm³/mol. The highest BCUT2D eigenvalue weighted by Crippen LogP contribution is 2.17. The smallest absolute Gasteiger partial charge is 0.119 e. The summed E-state index contributed by atoms with van der Waals surface area (Å²) < 4.78 is 10.8. The molecule has 0 amide bonds. The lowest BCUT2D eigenvalue weighted by Crippen LogP contribution is -2.38. The zero-order valence-electron chi connectivity index (χ0n) is 12.9. The molecule has 0 saturated heterocycles. The van der Waals surface area contributed by atoms with E-state index in [0.29, 0.717) is 13.2 Å². The van der Waals surface area contributed by atoms with Crippen molar-refractivity contribution in [2.24, 2.45) is 11.1 Å². The normalized spacial score (nSPS) is 11.1. The highest BCUT2D eigenvalue weighted by Gasteiger charge is 2.17. The molecular formula is C15H27ClN2O2. The van der Waals surface area contributed by atoms with Gasteiger partial charge in [-0.15, -0.1) is 12.4 Å². The van der Waals surface area contributed by atoms with Gasteiger partial charge in [-0.3, -0.25) is 0 Å². The van der Waals surface area contributed by atoms with E-state index in [-0.39, 0.29) is 17.8 Å². The standard InChI is InChI=1S/C15H26N2O2.ClH/c1-15(2,11-16)12-17(3)9-10-19-14-7-5-13(18-4)6-8-14;/h5-8H,9-12,16H2,1-4H3;1H. The lowest BCUT2D eigenvalue weighted by Gasteiger charge is -2.28. The zero-order valence-corrected chi connectivity index (χ0v) is 13.7. The van der Waals surface area contributed by atoms with Crippen molar-refractivity contribution in [2.45, 2.75) is 13.8 Å². The number of benzene rings is 1. The summed E-state index contributed by atoms with van der Waals surface area (Å²) in [5.41, 5.74) is 5.88. The largest absolute Gasteiger partial charge is 0.497 e. The maximum atomic E-state index is 5.73. The topological polar surface area (TPSA) is 47.7 Å². The van der Waals surface area contributed by atoms with Gasteiger partial charge >= 0.3 is 0 Å². The molecule has 1 rings (SSSR count). The van der Waals surface area contributed by atoms with Crippen LogP contribution in [-0.4, -0.2) is 45.3 Å². The van der Waals surface area contributed by atoms with Crippen molar-refractivity contribution in [1.29, 1.82) is 0 Å². The number of nitrogens with zero attached hydrogens (tertiary/aromatic N) is 1. The summed E-state index contributed by atoms with van der Waals surface area (Å²) in [5, 5.41) is 0. The van der Waals surface area contributed by atoms with Gasteiger partial charge < -0.3 is 20.1 Å². The molecular weight excluding hydrogens is 276 g/mol. The molecule has 0 spiro atoms. The highest BCUT2D eigenvalue weighted by atomic mass is 35.5. The maximum Gasteiger partial charge on any atom is 0.119 e. The molecule has 0 unspecified atom stereocenters. The summed E-state index contributed by atoms with van der Waals surface area (Å²) in [7, 11) is 3.75. The Kier molecular flexibility index (Phi) is 8.62. The lowest BCUT2D eigenvalue weighted by molar-refractivity contribution is 0.181. The van der Waals surface area contributed by atoms with Gasteiger partial charge in [0.25, 0.3) is 0 Å². The van der Waals surface area contributed by atoms with Crippen LogP contribution >= 0.6 is 12.4 Å². The van der Waals surface area contributed by atoms with Gasteiger partial charge in [-0.25, -0.2) is 0 Å². The van der Waals surface area contributed by atoms with E-state index in [9.17, 15) is 0 Å². The van der Waals surface area contributed by atoms with Gasteiger partial charge in [-0.2, -0.15) is 0 Å². The van der Waals surface area contributed by atoms with Crippen molar-refractivity contribution in [2.75, 3.05) is 40.4 Å². The summed E-state index contributed by atoms with van der Waals surface area (Å²) in [5.74, 6) is 1.71. The first-order valence-electron chi connectivity index (χ1n) is 6.62. The zero-order chi connectivity index (χ0) is 14.3. The summed E-state index contributed by atoms with van der Waals surface area (Å²) in [6.07, 6.45) is 0. The number of rotatable bonds is 8. The van der Waals surface area contributed by atoms with Crippen LogP contribution < -0.4 is 15.2 Å². The van der Waals surface area contributed by atoms with Gasteiger partial charge in [-0.05, 0) is 43.3 Å². The molecule has 2 N–H and O–H groups in total. The van der Waals surface area contributed by atoms with Crippen LogP contribution in [0.1, 0.15) is 13.8 Å². The molecule has 0 radical (unpaired) electrons. The number of methoxy groups -OCH3 is 1. The first-order chi connectivity index (χ1) is 8.96. The van der Waals surface area contributed by atoms with E-state index in [1.165, 1.54) is 0 Å². The summed E-state index contributed by atoms with van der Waals surface area (Å²) in [6, 6.07) is 7.64. The van der Waals surface area contributed by atoms with E-state index in [2.05, 4.69) is 25.8 Å². The van der Waals surface area contributed by atoms with Crippen LogP contribution in [0.3, 0.4) is 0 Å². The first-order valence-corrected chi connectivity index (χ1v) is 6.62. The minimum atomic E-state index is 0. The van der Waals surface area contributed by atoms with Crippen molar-refractivity contribution in [1.82, 2.24) is 4.90 Å². The van der Waals surface area contributed by atoms with Crippen LogP contribution in [0.15, 0.2) is 24.3 Å². The third-order valence-electron chi connectivity index (χ3n) is 3.05. The van der Waals surface area contributed by atoms with Crippen LogP contribution in [0.5, 0.6) is 11.5 Å². The summed E-state index contributed by atoms with van der Waals surface area (Å²) in [6.45, 7) is 7.56. The molecule has 1 aromatic carbocycles. The van der Waals surface area contributed by atoms with Crippen LogP contribution in [0.4, 0.5) is 0 Å². The quantitative estimate of drug-likeness (QED) is 0.801. The Bertz CT molecular complexity index is 369. The Labute approximate surface area is 128 Å². The van der Waals surface area contributed by atoms with Crippen LogP contribution in [0, 0.1) is 5.41 Å². The number of likely N-dealkylation sites (N-methyl/N-ethyl adjacent to an activating group) is 1. The molecule has 5 heteroatoms. The van der Waals surface area contributed by atoms with Crippen LogP contribution in [0.2, 0.25) is 0 Å². The van der Waals surface area contributed by atoms with Gasteiger partial charge in [0.1, 0.15) is 18.1 Å². The Balaban J connectivity index is 0.00000361. The van der Waals surface area contributed by atoms with Gasteiger partial charge in [0.05, 0.1) is 7.11 Å². The van der Waals surface area contributed by atoms with Gasteiger partial charge in [-0.1, -0.05) is 13.8 Å². The van der Waals surface area contributed by atoms with Crippen molar-refractivity contribution in [3.05, 3.63) is 24.3 Å². The average Bonchev–Trinajstić information content (AvgIpc) is 2.39. The molecule has 0 fully saturated rings. The molecule has 0 aliphatic rings. The van der Waals surface area contributed by atoms with Gasteiger partial charge in [0, 0.05) is 13.1 Å². The molecule has 0 bridgehead atoms. The molecule has 1 aromatic rings. The van der Waals surface area contributed by atoms with E-state index < -0.39 is 0 Å². The Morgan fingerprint density at radius 2 is 1.70 bits per heavy atom. The summed E-state index contributed by atoms with van der Waals surface area (Å²) >= 11 is 0. The van der Waals surface area contributed by atoms with Crippen molar-refractivity contribution < 1.29 is 9.47 Å². The van der Waals surface area contributed by atoms with Gasteiger partial charge in [0.15, 0.2) is 0 Å². The second kappa shape index (κ2) is 9.06. The molecule has 0 atom stereocenters. The molecule has 0 aliphatic heterocycles. The fraction of sp³-hybridized carbons (Fsp3) is 0.600. The first kappa shape index (κ1) is 19.0. The monoisotopic (exact) mass is 302 g/mol. The molecule has 20 heavy (non-hydrogen) atoms. The molecule has 0 heterocycles. The SMILES string of the molecule is COc1ccc(OCCN(C)CC(C)(C)CN)cc1.Cl. The van der Waals surface area contributed by atoms with E-state index in [1.54, 1.807) is 7.11 Å². The van der Waals surface area contributed by atoms with Crippen LogP contribution in [0.25, 0.3) is 0 Å². The van der Waals surface area contributed by atoms with Gasteiger partial charge in [0.2, 0.25) is 0 Å². The molecule has 0 aliphatic carbocycles. The molecule has 0 saturated carbocycles. The third-order valence-corrected chi connectivity index (χ3v) is 3.05. The molecule has 0 aromatic heterocycles. The maximum absolute atomic E-state index is 5.73. The Morgan fingerprint density at radius 1 is 1.15 bits per heavy atom. The number of nitrogens with two attached hydrogens (primary N) is 1. The van der Waals surface area contributed by atoms with Crippen molar-refractivity contribution in [3.8, 4) is 11.5 Å². The fourth-order valence-electron chi connectivity index (χ4n) is 1.87. The Morgan fingerprint density at radius 3 is 2.20 bits per heavy atom. The average molecular weight is 303 g/mol.